The lowest BCUT2D eigenvalue weighted by Gasteiger charge is -2.34. The first kappa shape index (κ1) is 7.57. The molecule has 2 aliphatic carbocycles. The molecule has 0 spiro atoms. The molecule has 3 rings (SSSR count). The maximum Gasteiger partial charge on any atom is 0.155 e. The highest BCUT2D eigenvalue weighted by molar-refractivity contribution is 6.35. The minimum atomic E-state index is -0.256. The van der Waals surface area contributed by atoms with Crippen LogP contribution in [0.4, 0.5) is 0 Å². The number of carbonyl (C=O) groups is 1. The van der Waals surface area contributed by atoms with E-state index < -0.39 is 0 Å². The Bertz CT molecular complexity index is 385. The van der Waals surface area contributed by atoms with E-state index in [1.807, 2.05) is 12.1 Å². The molecule has 2 heteroatoms. The van der Waals surface area contributed by atoms with Gasteiger partial charge in [0.05, 0.1) is 5.38 Å². The van der Waals surface area contributed by atoms with Crippen LogP contribution in [0.15, 0.2) is 24.3 Å². The van der Waals surface area contributed by atoms with Gasteiger partial charge in [-0.25, -0.2) is 0 Å². The molecule has 0 amide bonds. The van der Waals surface area contributed by atoms with Gasteiger partial charge in [-0.3, -0.25) is 4.79 Å². The van der Waals surface area contributed by atoms with E-state index >= 15 is 0 Å². The normalized spacial score (nSPS) is 35.2. The second-order valence-electron chi connectivity index (χ2n) is 3.84. The molecule has 1 aromatic rings. The van der Waals surface area contributed by atoms with Crippen LogP contribution in [0.1, 0.15) is 17.0 Å². The van der Waals surface area contributed by atoms with Crippen LogP contribution in [0.3, 0.4) is 0 Å². The molecule has 1 saturated carbocycles. The molecule has 0 radical (unpaired) electrons. The van der Waals surface area contributed by atoms with Crippen molar-refractivity contribution in [3.05, 3.63) is 35.4 Å². The van der Waals surface area contributed by atoms with Crippen molar-refractivity contribution >= 4 is 17.4 Å². The molecule has 1 nitrogen and oxygen atoms in total. The van der Waals surface area contributed by atoms with Crippen LogP contribution in [0.2, 0.25) is 0 Å². The first-order chi connectivity index (χ1) is 6.29. The van der Waals surface area contributed by atoms with Gasteiger partial charge in [-0.2, -0.15) is 0 Å². The van der Waals surface area contributed by atoms with Crippen LogP contribution in [0.25, 0.3) is 0 Å². The lowest BCUT2D eigenvalue weighted by molar-refractivity contribution is -0.129. The van der Waals surface area contributed by atoms with Gasteiger partial charge in [-0.1, -0.05) is 24.3 Å². The number of ketones is 1. The summed E-state index contributed by atoms with van der Waals surface area (Å²) in [7, 11) is 0. The minimum absolute atomic E-state index is 0.194. The Morgan fingerprint density at radius 1 is 1.31 bits per heavy atom. The summed E-state index contributed by atoms with van der Waals surface area (Å²) >= 11 is 5.98. The highest BCUT2D eigenvalue weighted by atomic mass is 35.5. The van der Waals surface area contributed by atoms with Gasteiger partial charge in [0, 0.05) is 11.8 Å². The largest absolute Gasteiger partial charge is 0.298 e. The van der Waals surface area contributed by atoms with E-state index in [4.69, 9.17) is 11.6 Å². The quantitative estimate of drug-likeness (QED) is 0.576. The minimum Gasteiger partial charge on any atom is -0.298 e. The average Bonchev–Trinajstić information content (AvgIpc) is 2.52. The number of Topliss-reactive ketones (excluding diaryl/α,β-unsaturated/α-hetero) is 1. The van der Waals surface area contributed by atoms with Crippen LogP contribution in [-0.2, 0) is 11.2 Å². The number of fused-ring (bicyclic) bond motifs is 3. The van der Waals surface area contributed by atoms with Crippen molar-refractivity contribution in [2.75, 3.05) is 0 Å². The summed E-state index contributed by atoms with van der Waals surface area (Å²) in [5, 5.41) is -0.256. The second-order valence-corrected chi connectivity index (χ2v) is 4.31. The first-order valence-electron chi connectivity index (χ1n) is 4.54. The number of hydrogen-bond donors (Lipinski definition) is 0. The van der Waals surface area contributed by atoms with Gasteiger partial charge in [-0.05, 0) is 17.5 Å². The molecule has 66 valence electrons. The Balaban J connectivity index is 2.09. The van der Waals surface area contributed by atoms with Gasteiger partial charge in [0.15, 0.2) is 5.78 Å². The fraction of sp³-hybridized carbons (Fsp3) is 0.364. The van der Waals surface area contributed by atoms with Crippen LogP contribution in [-0.4, -0.2) is 11.2 Å². The third kappa shape index (κ3) is 0.806. The summed E-state index contributed by atoms with van der Waals surface area (Å²) in [4.78, 5) is 11.4. The summed E-state index contributed by atoms with van der Waals surface area (Å²) in [5.41, 5.74) is 2.61. The molecule has 0 N–H and O–H groups in total. The third-order valence-electron chi connectivity index (χ3n) is 3.24. The predicted octanol–water partition coefficient (Wildman–Crippen LogP) is 2.13. The zero-order chi connectivity index (χ0) is 9.00. The molecule has 13 heavy (non-hydrogen) atoms. The van der Waals surface area contributed by atoms with Crippen molar-refractivity contribution in [2.24, 2.45) is 5.92 Å². The lowest BCUT2D eigenvalue weighted by Crippen LogP contribution is -2.44. The predicted molar refractivity (Wildman–Crippen MR) is 51.0 cm³/mol. The number of benzene rings is 1. The number of halogens is 1. The summed E-state index contributed by atoms with van der Waals surface area (Å²) < 4.78 is 0. The fourth-order valence-corrected chi connectivity index (χ4v) is 3.00. The lowest BCUT2D eigenvalue weighted by atomic mass is 9.72. The van der Waals surface area contributed by atoms with E-state index in [1.54, 1.807) is 0 Å². The van der Waals surface area contributed by atoms with Gasteiger partial charge < -0.3 is 0 Å². The van der Waals surface area contributed by atoms with E-state index in [1.165, 1.54) is 11.1 Å². The summed E-state index contributed by atoms with van der Waals surface area (Å²) in [6, 6.07) is 8.25. The number of carbonyl (C=O) groups excluding carboxylic acids is 1. The Morgan fingerprint density at radius 2 is 2.08 bits per heavy atom. The van der Waals surface area contributed by atoms with E-state index in [9.17, 15) is 4.79 Å². The van der Waals surface area contributed by atoms with Gasteiger partial charge in [0.1, 0.15) is 0 Å². The average molecular weight is 193 g/mol. The van der Waals surface area contributed by atoms with E-state index in [0.29, 0.717) is 5.92 Å². The van der Waals surface area contributed by atoms with Gasteiger partial charge in [-0.15, -0.1) is 11.6 Å². The highest BCUT2D eigenvalue weighted by Crippen LogP contribution is 2.51. The monoisotopic (exact) mass is 192 g/mol. The third-order valence-corrected chi connectivity index (χ3v) is 3.73. The Kier molecular flexibility index (Phi) is 1.37. The molecule has 1 fully saturated rings. The van der Waals surface area contributed by atoms with Crippen molar-refractivity contribution in [2.45, 2.75) is 17.7 Å². The maximum atomic E-state index is 11.4. The molecule has 1 aromatic carbocycles. The van der Waals surface area contributed by atoms with Crippen LogP contribution < -0.4 is 0 Å². The Morgan fingerprint density at radius 3 is 2.92 bits per heavy atom. The summed E-state index contributed by atoms with van der Waals surface area (Å²) in [6.07, 6.45) is 0.906. The molecule has 0 aromatic heterocycles. The zero-order valence-electron chi connectivity index (χ0n) is 7.03. The number of hydrogen-bond acceptors (Lipinski definition) is 1. The standard InChI is InChI=1S/C11H9ClO/c12-10-9-7-4-2-1-3-6(7)5-8(9)11(10)13/h1-4,8-10H,5H2. The van der Waals surface area contributed by atoms with Crippen molar-refractivity contribution in [1.82, 2.24) is 0 Å². The Hall–Kier alpha value is -0.820. The highest BCUT2D eigenvalue weighted by Gasteiger charge is 2.53. The first-order valence-corrected chi connectivity index (χ1v) is 4.98. The van der Waals surface area contributed by atoms with Gasteiger partial charge in [0.2, 0.25) is 0 Å². The molecular weight excluding hydrogens is 184 g/mol. The van der Waals surface area contributed by atoms with Crippen molar-refractivity contribution in [1.29, 1.82) is 0 Å². The van der Waals surface area contributed by atoms with Crippen LogP contribution >= 0.6 is 11.6 Å². The van der Waals surface area contributed by atoms with E-state index in [2.05, 4.69) is 12.1 Å². The number of rotatable bonds is 0. The summed E-state index contributed by atoms with van der Waals surface area (Å²) in [6.45, 7) is 0. The molecule has 3 unspecified atom stereocenters. The maximum absolute atomic E-state index is 11.4. The molecule has 0 bridgehead atoms. The van der Waals surface area contributed by atoms with Crippen LogP contribution in [0, 0.1) is 5.92 Å². The fourth-order valence-electron chi connectivity index (χ4n) is 2.53. The molecule has 3 atom stereocenters. The van der Waals surface area contributed by atoms with Crippen molar-refractivity contribution in [3.8, 4) is 0 Å². The summed E-state index contributed by atoms with van der Waals surface area (Å²) in [5.74, 6) is 0.744. The second kappa shape index (κ2) is 2.36. The molecular formula is C11H9ClO. The smallest absolute Gasteiger partial charge is 0.155 e. The Labute approximate surface area is 81.7 Å². The van der Waals surface area contributed by atoms with Gasteiger partial charge >= 0.3 is 0 Å². The van der Waals surface area contributed by atoms with Crippen molar-refractivity contribution < 1.29 is 4.79 Å². The molecule has 0 heterocycles. The molecule has 0 aliphatic heterocycles. The van der Waals surface area contributed by atoms with Gasteiger partial charge in [0.25, 0.3) is 0 Å². The number of alkyl halides is 1. The zero-order valence-corrected chi connectivity index (χ0v) is 7.79. The molecule has 0 saturated heterocycles. The molecule has 2 aliphatic rings. The topological polar surface area (TPSA) is 17.1 Å². The van der Waals surface area contributed by atoms with E-state index in [0.717, 1.165) is 6.42 Å². The van der Waals surface area contributed by atoms with Crippen molar-refractivity contribution in [3.63, 3.8) is 0 Å². The van der Waals surface area contributed by atoms with Crippen LogP contribution in [0.5, 0.6) is 0 Å². The van der Waals surface area contributed by atoms with E-state index in [-0.39, 0.29) is 17.1 Å². The SMILES string of the molecule is O=C1C(Cl)C2c3ccccc3CC12.